The highest BCUT2D eigenvalue weighted by Gasteiger charge is 2.29. The summed E-state index contributed by atoms with van der Waals surface area (Å²) in [5, 5.41) is 0. The molecule has 0 aliphatic rings. The third-order valence-corrected chi connectivity index (χ3v) is 3.14. The van der Waals surface area contributed by atoms with E-state index in [1.165, 1.54) is 12.1 Å². The molecule has 0 radical (unpaired) electrons. The zero-order valence-electron chi connectivity index (χ0n) is 10.7. The molecule has 0 aliphatic carbocycles. The van der Waals surface area contributed by atoms with E-state index >= 15 is 0 Å². The summed E-state index contributed by atoms with van der Waals surface area (Å²) in [6.45, 7) is 0.347. The Hall–Kier alpha value is -1.85. The molecule has 0 saturated heterocycles. The van der Waals surface area contributed by atoms with Crippen molar-refractivity contribution in [3.05, 3.63) is 59.7 Å². The van der Waals surface area contributed by atoms with Crippen LogP contribution in [0.3, 0.4) is 0 Å². The zero-order valence-corrected chi connectivity index (χ0v) is 10.7. The molecule has 0 heterocycles. The van der Waals surface area contributed by atoms with Crippen molar-refractivity contribution in [1.29, 1.82) is 0 Å². The van der Waals surface area contributed by atoms with Crippen molar-refractivity contribution < 1.29 is 13.2 Å². The van der Waals surface area contributed by atoms with Gasteiger partial charge in [0.05, 0.1) is 5.56 Å². The van der Waals surface area contributed by atoms with E-state index in [1.807, 2.05) is 24.3 Å². The fourth-order valence-electron chi connectivity index (χ4n) is 1.91. The molecule has 20 heavy (non-hydrogen) atoms. The molecule has 0 amide bonds. The Morgan fingerprint density at radius 3 is 1.70 bits per heavy atom. The van der Waals surface area contributed by atoms with Crippen molar-refractivity contribution in [2.24, 2.45) is 11.5 Å². The van der Waals surface area contributed by atoms with Crippen molar-refractivity contribution >= 4 is 0 Å². The molecule has 0 bridgehead atoms. The van der Waals surface area contributed by atoms with Crippen LogP contribution in [0.4, 0.5) is 13.2 Å². The van der Waals surface area contributed by atoms with Gasteiger partial charge < -0.3 is 11.5 Å². The Morgan fingerprint density at radius 2 is 1.30 bits per heavy atom. The second-order valence-corrected chi connectivity index (χ2v) is 4.54. The molecule has 2 aromatic rings. The smallest absolute Gasteiger partial charge is 0.329 e. The van der Waals surface area contributed by atoms with E-state index in [1.54, 1.807) is 0 Å². The van der Waals surface area contributed by atoms with Crippen molar-refractivity contribution in [2.75, 3.05) is 6.54 Å². The van der Waals surface area contributed by atoms with Crippen LogP contribution in [0.2, 0.25) is 0 Å². The van der Waals surface area contributed by atoms with Gasteiger partial charge in [-0.25, -0.2) is 0 Å². The van der Waals surface area contributed by atoms with Crippen molar-refractivity contribution in [1.82, 2.24) is 0 Å². The minimum absolute atomic E-state index is 0.225. The number of rotatable bonds is 3. The average molecular weight is 280 g/mol. The minimum atomic E-state index is -4.31. The first-order valence-corrected chi connectivity index (χ1v) is 6.15. The highest BCUT2D eigenvalue weighted by Crippen LogP contribution is 2.31. The highest BCUT2D eigenvalue weighted by atomic mass is 19.4. The quantitative estimate of drug-likeness (QED) is 0.906. The standard InChI is InChI=1S/C15H15F3N2/c16-15(17,18)13-7-5-11(6-8-13)10-1-3-12(4-2-10)14(20)9-19/h1-8,14H,9,19-20H2/t14-/m1/s1. The first kappa shape index (κ1) is 14.6. The van der Waals surface area contributed by atoms with E-state index in [-0.39, 0.29) is 6.04 Å². The molecule has 0 spiro atoms. The second-order valence-electron chi connectivity index (χ2n) is 4.54. The van der Waals surface area contributed by atoms with E-state index in [9.17, 15) is 13.2 Å². The summed E-state index contributed by atoms with van der Waals surface area (Å²) in [6, 6.07) is 12.2. The molecule has 0 unspecified atom stereocenters. The molecule has 2 aromatic carbocycles. The van der Waals surface area contributed by atoms with E-state index in [0.29, 0.717) is 6.54 Å². The Bertz CT molecular complexity index is 559. The number of benzene rings is 2. The lowest BCUT2D eigenvalue weighted by Gasteiger charge is -2.11. The molecule has 0 saturated carbocycles. The molecule has 2 rings (SSSR count). The summed E-state index contributed by atoms with van der Waals surface area (Å²) in [5.41, 5.74) is 13.1. The van der Waals surface area contributed by atoms with Crippen LogP contribution in [-0.2, 0) is 6.18 Å². The number of hydrogen-bond acceptors (Lipinski definition) is 2. The third-order valence-electron chi connectivity index (χ3n) is 3.14. The van der Waals surface area contributed by atoms with Crippen LogP contribution in [0.15, 0.2) is 48.5 Å². The number of hydrogen-bond donors (Lipinski definition) is 2. The van der Waals surface area contributed by atoms with Crippen LogP contribution in [0.25, 0.3) is 11.1 Å². The van der Waals surface area contributed by atoms with E-state index < -0.39 is 11.7 Å². The molecular weight excluding hydrogens is 265 g/mol. The van der Waals surface area contributed by atoms with Crippen LogP contribution in [-0.4, -0.2) is 6.54 Å². The molecule has 106 valence electrons. The highest BCUT2D eigenvalue weighted by molar-refractivity contribution is 5.64. The molecule has 0 aliphatic heterocycles. The Labute approximate surface area is 115 Å². The molecule has 0 fully saturated rings. The number of alkyl halides is 3. The van der Waals surface area contributed by atoms with Gasteiger partial charge in [-0.05, 0) is 28.8 Å². The van der Waals surface area contributed by atoms with Gasteiger partial charge in [-0.3, -0.25) is 0 Å². The molecule has 0 aromatic heterocycles. The first-order chi connectivity index (χ1) is 9.41. The van der Waals surface area contributed by atoms with Crippen LogP contribution < -0.4 is 11.5 Å². The lowest BCUT2D eigenvalue weighted by Crippen LogP contribution is -2.20. The Balaban J connectivity index is 2.24. The normalized spacial score (nSPS) is 13.2. The summed E-state index contributed by atoms with van der Waals surface area (Å²) < 4.78 is 37.4. The summed E-state index contributed by atoms with van der Waals surface area (Å²) in [7, 11) is 0. The molecule has 5 heteroatoms. The fraction of sp³-hybridized carbons (Fsp3) is 0.200. The van der Waals surface area contributed by atoms with Crippen LogP contribution in [0.5, 0.6) is 0 Å². The summed E-state index contributed by atoms with van der Waals surface area (Å²) in [6.07, 6.45) is -4.31. The second kappa shape index (κ2) is 5.64. The van der Waals surface area contributed by atoms with Gasteiger partial charge in [-0.1, -0.05) is 36.4 Å². The summed E-state index contributed by atoms with van der Waals surface area (Å²) in [5.74, 6) is 0. The van der Waals surface area contributed by atoms with Crippen molar-refractivity contribution in [3.63, 3.8) is 0 Å². The summed E-state index contributed by atoms with van der Waals surface area (Å²) in [4.78, 5) is 0. The maximum atomic E-state index is 12.5. The maximum absolute atomic E-state index is 12.5. The van der Waals surface area contributed by atoms with Gasteiger partial charge in [0.15, 0.2) is 0 Å². The summed E-state index contributed by atoms with van der Waals surface area (Å²) >= 11 is 0. The minimum Gasteiger partial charge on any atom is -0.329 e. The largest absolute Gasteiger partial charge is 0.416 e. The lowest BCUT2D eigenvalue weighted by atomic mass is 10.00. The predicted octanol–water partition coefficient (Wildman–Crippen LogP) is 3.33. The molecule has 1 atom stereocenters. The van der Waals surface area contributed by atoms with Gasteiger partial charge in [0.25, 0.3) is 0 Å². The van der Waals surface area contributed by atoms with E-state index in [2.05, 4.69) is 0 Å². The van der Waals surface area contributed by atoms with Crippen molar-refractivity contribution in [3.8, 4) is 11.1 Å². The number of halogens is 3. The SMILES string of the molecule is NC[C@@H](N)c1ccc(-c2ccc(C(F)(F)F)cc2)cc1. The average Bonchev–Trinajstić information content (AvgIpc) is 2.46. The monoisotopic (exact) mass is 280 g/mol. The predicted molar refractivity (Wildman–Crippen MR) is 72.9 cm³/mol. The number of nitrogens with two attached hydrogens (primary N) is 2. The van der Waals surface area contributed by atoms with Gasteiger partial charge in [-0.2, -0.15) is 13.2 Å². The van der Waals surface area contributed by atoms with Crippen LogP contribution in [0, 0.1) is 0 Å². The topological polar surface area (TPSA) is 52.0 Å². The molecule has 2 nitrogen and oxygen atoms in total. The molecule has 4 N–H and O–H groups in total. The fourth-order valence-corrected chi connectivity index (χ4v) is 1.91. The van der Waals surface area contributed by atoms with Crippen LogP contribution in [0.1, 0.15) is 17.2 Å². The lowest BCUT2D eigenvalue weighted by molar-refractivity contribution is -0.137. The van der Waals surface area contributed by atoms with E-state index in [4.69, 9.17) is 11.5 Å². The Morgan fingerprint density at radius 1 is 0.850 bits per heavy atom. The van der Waals surface area contributed by atoms with Crippen LogP contribution >= 0.6 is 0 Å². The van der Waals surface area contributed by atoms with Gasteiger partial charge >= 0.3 is 6.18 Å². The third kappa shape index (κ3) is 3.18. The van der Waals surface area contributed by atoms with Gasteiger partial charge in [0.2, 0.25) is 0 Å². The van der Waals surface area contributed by atoms with Gasteiger partial charge in [0.1, 0.15) is 0 Å². The van der Waals surface area contributed by atoms with Gasteiger partial charge in [0, 0.05) is 12.6 Å². The molecular formula is C15H15F3N2. The van der Waals surface area contributed by atoms with Gasteiger partial charge in [-0.15, -0.1) is 0 Å². The maximum Gasteiger partial charge on any atom is 0.416 e. The van der Waals surface area contributed by atoms with Crippen molar-refractivity contribution in [2.45, 2.75) is 12.2 Å². The first-order valence-electron chi connectivity index (χ1n) is 6.15. The van der Waals surface area contributed by atoms with E-state index in [0.717, 1.165) is 28.8 Å². The Kier molecular flexibility index (Phi) is 4.11. The zero-order chi connectivity index (χ0) is 14.8.